The van der Waals surface area contributed by atoms with Gasteiger partial charge in [0.15, 0.2) is 0 Å². The molecule has 0 radical (unpaired) electrons. The van der Waals surface area contributed by atoms with Crippen molar-refractivity contribution < 1.29 is 0 Å². The van der Waals surface area contributed by atoms with Crippen LogP contribution in [-0.4, -0.2) is 29.1 Å². The first kappa shape index (κ1) is 15.9. The maximum absolute atomic E-state index is 6.05. The summed E-state index contributed by atoms with van der Waals surface area (Å²) in [5.41, 5.74) is 10.6. The maximum atomic E-state index is 6.05. The van der Waals surface area contributed by atoms with Crippen molar-refractivity contribution in [3.63, 3.8) is 0 Å². The second kappa shape index (κ2) is 6.67. The van der Waals surface area contributed by atoms with Crippen LogP contribution in [-0.2, 0) is 0 Å². The molecular formula is C19H26N4. The van der Waals surface area contributed by atoms with Crippen molar-refractivity contribution in [2.45, 2.75) is 45.6 Å². The number of nitrogens with two attached hydrogens (primary N) is 1. The van der Waals surface area contributed by atoms with Crippen LogP contribution < -0.4 is 10.6 Å². The molecule has 4 nitrogen and oxygen atoms in total. The van der Waals surface area contributed by atoms with Gasteiger partial charge in [-0.3, -0.25) is 0 Å². The molecule has 2 N–H and O–H groups in total. The molecule has 2 aromatic rings. The SMILES string of the molecule is Cc1cccc(-c2nc(C(C)C)ncc2N2CCC(N)CC2)c1. The zero-order chi connectivity index (χ0) is 16.4. The number of benzene rings is 1. The second-order valence-electron chi connectivity index (χ2n) is 6.81. The molecule has 0 saturated carbocycles. The predicted molar refractivity (Wildman–Crippen MR) is 95.7 cm³/mol. The van der Waals surface area contributed by atoms with Crippen molar-refractivity contribution in [2.24, 2.45) is 5.73 Å². The molecule has 3 rings (SSSR count). The standard InChI is InChI=1S/C19H26N4/c1-13(2)19-21-12-17(23-9-7-16(20)8-10-23)18(22-19)15-6-4-5-14(3)11-15/h4-6,11-13,16H,7-10,20H2,1-3H3. The molecule has 0 amide bonds. The Kier molecular flexibility index (Phi) is 4.62. The van der Waals surface area contributed by atoms with Gasteiger partial charge in [-0.15, -0.1) is 0 Å². The highest BCUT2D eigenvalue weighted by atomic mass is 15.2. The van der Waals surface area contributed by atoms with Crippen LogP contribution in [0.2, 0.25) is 0 Å². The average Bonchev–Trinajstić information content (AvgIpc) is 2.55. The van der Waals surface area contributed by atoms with Gasteiger partial charge in [0.25, 0.3) is 0 Å². The van der Waals surface area contributed by atoms with Gasteiger partial charge >= 0.3 is 0 Å². The van der Waals surface area contributed by atoms with E-state index >= 15 is 0 Å². The van der Waals surface area contributed by atoms with Crippen molar-refractivity contribution in [3.8, 4) is 11.3 Å². The van der Waals surface area contributed by atoms with Crippen molar-refractivity contribution in [1.29, 1.82) is 0 Å². The van der Waals surface area contributed by atoms with E-state index in [4.69, 9.17) is 10.7 Å². The third-order valence-corrected chi connectivity index (χ3v) is 4.48. The molecule has 1 aliphatic heterocycles. The molecule has 0 atom stereocenters. The highest BCUT2D eigenvalue weighted by molar-refractivity contribution is 5.75. The minimum Gasteiger partial charge on any atom is -0.368 e. The van der Waals surface area contributed by atoms with Crippen LogP contribution in [0, 0.1) is 6.92 Å². The third-order valence-electron chi connectivity index (χ3n) is 4.48. The Hall–Kier alpha value is -1.94. The first-order valence-corrected chi connectivity index (χ1v) is 8.49. The van der Waals surface area contributed by atoms with Crippen LogP contribution in [0.3, 0.4) is 0 Å². The van der Waals surface area contributed by atoms with E-state index in [9.17, 15) is 0 Å². The number of hydrogen-bond donors (Lipinski definition) is 1. The largest absolute Gasteiger partial charge is 0.368 e. The minimum absolute atomic E-state index is 0.322. The summed E-state index contributed by atoms with van der Waals surface area (Å²) in [5, 5.41) is 0. The summed E-state index contributed by atoms with van der Waals surface area (Å²) in [6.45, 7) is 8.34. The van der Waals surface area contributed by atoms with Crippen LogP contribution in [0.4, 0.5) is 5.69 Å². The Morgan fingerprint density at radius 1 is 1.22 bits per heavy atom. The summed E-state index contributed by atoms with van der Waals surface area (Å²) in [7, 11) is 0. The van der Waals surface area contributed by atoms with Crippen molar-refractivity contribution in [3.05, 3.63) is 41.9 Å². The van der Waals surface area contributed by atoms with E-state index in [-0.39, 0.29) is 0 Å². The van der Waals surface area contributed by atoms with Gasteiger partial charge < -0.3 is 10.6 Å². The lowest BCUT2D eigenvalue weighted by atomic mass is 10.0. The average molecular weight is 310 g/mol. The molecular weight excluding hydrogens is 284 g/mol. The molecule has 1 aromatic carbocycles. The Balaban J connectivity index is 2.04. The van der Waals surface area contributed by atoms with Gasteiger partial charge in [-0.2, -0.15) is 0 Å². The van der Waals surface area contributed by atoms with Crippen molar-refractivity contribution >= 4 is 5.69 Å². The van der Waals surface area contributed by atoms with Gasteiger partial charge in [0.2, 0.25) is 0 Å². The Labute approximate surface area is 138 Å². The fraction of sp³-hybridized carbons (Fsp3) is 0.474. The Morgan fingerprint density at radius 2 is 1.96 bits per heavy atom. The van der Waals surface area contributed by atoms with Gasteiger partial charge in [0.05, 0.1) is 17.6 Å². The van der Waals surface area contributed by atoms with Crippen LogP contribution in [0.5, 0.6) is 0 Å². The molecule has 23 heavy (non-hydrogen) atoms. The summed E-state index contributed by atoms with van der Waals surface area (Å²) in [6.07, 6.45) is 4.05. The quantitative estimate of drug-likeness (QED) is 0.942. The molecule has 1 aromatic heterocycles. The number of rotatable bonds is 3. The highest BCUT2D eigenvalue weighted by Crippen LogP contribution is 2.31. The molecule has 0 bridgehead atoms. The van der Waals surface area contributed by atoms with E-state index in [0.29, 0.717) is 12.0 Å². The lowest BCUT2D eigenvalue weighted by Gasteiger charge is -2.33. The molecule has 2 heterocycles. The van der Waals surface area contributed by atoms with Crippen LogP contribution >= 0.6 is 0 Å². The normalized spacial score (nSPS) is 16.1. The summed E-state index contributed by atoms with van der Waals surface area (Å²) in [4.78, 5) is 11.9. The molecule has 1 aliphatic rings. The predicted octanol–water partition coefficient (Wildman–Crippen LogP) is 3.50. The summed E-state index contributed by atoms with van der Waals surface area (Å²) in [6, 6.07) is 8.87. The summed E-state index contributed by atoms with van der Waals surface area (Å²) >= 11 is 0. The van der Waals surface area contributed by atoms with Crippen LogP contribution in [0.25, 0.3) is 11.3 Å². The molecule has 0 spiro atoms. The van der Waals surface area contributed by atoms with Crippen molar-refractivity contribution in [2.75, 3.05) is 18.0 Å². The number of hydrogen-bond acceptors (Lipinski definition) is 4. The monoisotopic (exact) mass is 310 g/mol. The highest BCUT2D eigenvalue weighted by Gasteiger charge is 2.21. The molecule has 0 aliphatic carbocycles. The number of aryl methyl sites for hydroxylation is 1. The van der Waals surface area contributed by atoms with Gasteiger partial charge in [-0.1, -0.05) is 37.6 Å². The molecule has 1 saturated heterocycles. The lowest BCUT2D eigenvalue weighted by molar-refractivity contribution is 0.500. The zero-order valence-corrected chi connectivity index (χ0v) is 14.3. The van der Waals surface area contributed by atoms with Crippen LogP contribution in [0.1, 0.15) is 44.0 Å². The van der Waals surface area contributed by atoms with Gasteiger partial charge in [0, 0.05) is 30.6 Å². The van der Waals surface area contributed by atoms with Gasteiger partial charge in [-0.05, 0) is 25.8 Å². The van der Waals surface area contributed by atoms with E-state index in [1.807, 2.05) is 6.20 Å². The third kappa shape index (κ3) is 3.53. The first-order valence-electron chi connectivity index (χ1n) is 8.49. The maximum Gasteiger partial charge on any atom is 0.131 e. The number of anilines is 1. The van der Waals surface area contributed by atoms with Gasteiger partial charge in [0.1, 0.15) is 5.82 Å². The topological polar surface area (TPSA) is 55.0 Å². The molecule has 4 heteroatoms. The fourth-order valence-corrected chi connectivity index (χ4v) is 3.04. The van der Waals surface area contributed by atoms with E-state index in [1.165, 1.54) is 11.1 Å². The number of aromatic nitrogens is 2. The van der Waals surface area contributed by atoms with E-state index in [0.717, 1.165) is 43.1 Å². The van der Waals surface area contributed by atoms with Crippen molar-refractivity contribution in [1.82, 2.24) is 9.97 Å². The molecule has 1 fully saturated rings. The first-order chi connectivity index (χ1) is 11.0. The van der Waals surface area contributed by atoms with E-state index in [1.54, 1.807) is 0 Å². The second-order valence-corrected chi connectivity index (χ2v) is 6.81. The lowest BCUT2D eigenvalue weighted by Crippen LogP contribution is -2.40. The summed E-state index contributed by atoms with van der Waals surface area (Å²) < 4.78 is 0. The van der Waals surface area contributed by atoms with E-state index in [2.05, 4.69) is 54.9 Å². The zero-order valence-electron chi connectivity index (χ0n) is 14.3. The Morgan fingerprint density at radius 3 is 2.61 bits per heavy atom. The molecule has 0 unspecified atom stereocenters. The molecule has 122 valence electrons. The summed E-state index contributed by atoms with van der Waals surface area (Å²) in [5.74, 6) is 1.22. The smallest absolute Gasteiger partial charge is 0.131 e. The Bertz CT molecular complexity index is 673. The minimum atomic E-state index is 0.322. The van der Waals surface area contributed by atoms with Gasteiger partial charge in [-0.25, -0.2) is 9.97 Å². The van der Waals surface area contributed by atoms with E-state index < -0.39 is 0 Å². The number of nitrogens with zero attached hydrogens (tertiary/aromatic N) is 3. The number of piperidine rings is 1. The van der Waals surface area contributed by atoms with Crippen LogP contribution in [0.15, 0.2) is 30.5 Å². The fourth-order valence-electron chi connectivity index (χ4n) is 3.04.